The zero-order valence-corrected chi connectivity index (χ0v) is 32.9. The molecule has 0 aliphatic rings. The van der Waals surface area contributed by atoms with E-state index in [9.17, 15) is 14.4 Å². The Morgan fingerprint density at radius 2 is 0.636 bits per heavy atom. The Hall–Kier alpha value is 2.73. The van der Waals surface area contributed by atoms with E-state index in [1.807, 2.05) is 41.5 Å². The van der Waals surface area contributed by atoms with Crippen molar-refractivity contribution in [3.8, 4) is 0 Å². The lowest BCUT2D eigenvalue weighted by Crippen LogP contribution is -2.67. The van der Waals surface area contributed by atoms with Gasteiger partial charge >= 0.3 is 17.1 Å². The number of aromatic nitrogens is 3. The predicted molar refractivity (Wildman–Crippen MR) is 169 cm³/mol. The Bertz CT molecular complexity index is 905. The second-order valence-electron chi connectivity index (χ2n) is 9.53. The predicted octanol–water partition coefficient (Wildman–Crippen LogP) is 7.64. The summed E-state index contributed by atoms with van der Waals surface area (Å²) in [4.78, 5) is 41.8. The van der Waals surface area contributed by atoms with Crippen molar-refractivity contribution in [2.45, 2.75) is 51.6 Å². The van der Waals surface area contributed by atoms with Gasteiger partial charge in [-0.2, -0.15) is 0 Å². The van der Waals surface area contributed by atoms with Crippen LogP contribution in [0.4, 0.5) is 0 Å². The molecule has 0 radical (unpaired) electrons. The van der Waals surface area contributed by atoms with Crippen LogP contribution in [0.15, 0.2) is 14.4 Å². The number of nitrogens with zero attached hydrogens (tertiary/aromatic N) is 3. The molecule has 0 N–H and O–H groups in total. The van der Waals surface area contributed by atoms with Gasteiger partial charge in [0.15, 0.2) is 10.1 Å². The van der Waals surface area contributed by atoms with Crippen LogP contribution in [0.3, 0.4) is 0 Å². The van der Waals surface area contributed by atoms with Gasteiger partial charge < -0.3 is 0 Å². The SMILES string of the molecule is CC(C)(CBr)C(Br)(Br)n1c(=O)n(C(Br)(Br)C(C)(C)CBr)c(=O)n(C(Br)(Br)C(C)(C)CBr)c1=O. The maximum absolute atomic E-state index is 13.9. The van der Waals surface area contributed by atoms with Crippen LogP contribution >= 0.6 is 143 Å². The standard InChI is InChI=1S/C18H24Br9N3O3/c1-13(2,7-19)16(22,23)28-10(31)29(17(24,25)14(3,4)8-20)12(33)30(11(28)32)18(26,27)15(5,6)9-21/h7-9H2,1-6H3. The highest BCUT2D eigenvalue weighted by molar-refractivity contribution is 9.25. The first-order valence-corrected chi connectivity index (χ1v) is 17.5. The molecule has 1 aromatic rings. The molecule has 33 heavy (non-hydrogen) atoms. The summed E-state index contributed by atoms with van der Waals surface area (Å²) < 4.78 is -0.988. The first-order chi connectivity index (χ1) is 14.5. The quantitative estimate of drug-likeness (QED) is 0.239. The second kappa shape index (κ2) is 11.1. The van der Waals surface area contributed by atoms with Gasteiger partial charge in [0.1, 0.15) is 0 Å². The third-order valence-corrected chi connectivity index (χ3v) is 18.2. The van der Waals surface area contributed by atoms with E-state index in [-0.39, 0.29) is 0 Å². The van der Waals surface area contributed by atoms with Gasteiger partial charge in [-0.1, -0.05) is 89.3 Å². The van der Waals surface area contributed by atoms with Gasteiger partial charge in [-0.3, -0.25) is 0 Å². The van der Waals surface area contributed by atoms with Crippen LogP contribution in [0, 0.1) is 16.2 Å². The minimum Gasteiger partial charge on any atom is -0.247 e. The monoisotopic (exact) mass is 1040 g/mol. The van der Waals surface area contributed by atoms with E-state index in [2.05, 4.69) is 143 Å². The van der Waals surface area contributed by atoms with E-state index < -0.39 is 43.4 Å². The topological polar surface area (TPSA) is 66.0 Å². The number of alkyl halides is 9. The van der Waals surface area contributed by atoms with Crippen LogP contribution in [-0.4, -0.2) is 29.7 Å². The van der Waals surface area contributed by atoms with Crippen molar-refractivity contribution in [3.63, 3.8) is 0 Å². The molecule has 0 unspecified atom stereocenters. The van der Waals surface area contributed by atoms with Gasteiger partial charge in [0.25, 0.3) is 0 Å². The Kier molecular flexibility index (Phi) is 11.3. The van der Waals surface area contributed by atoms with Crippen molar-refractivity contribution in [1.82, 2.24) is 13.7 Å². The molecule has 0 saturated carbocycles. The Balaban J connectivity index is 4.52. The van der Waals surface area contributed by atoms with Crippen molar-refractivity contribution in [1.29, 1.82) is 0 Å². The van der Waals surface area contributed by atoms with Crippen LogP contribution in [0.25, 0.3) is 0 Å². The van der Waals surface area contributed by atoms with Gasteiger partial charge in [0.05, 0.1) is 0 Å². The van der Waals surface area contributed by atoms with Gasteiger partial charge in [-0.05, 0) is 95.6 Å². The van der Waals surface area contributed by atoms with E-state index in [1.54, 1.807) is 0 Å². The molecule has 1 aromatic heterocycles. The highest BCUT2D eigenvalue weighted by atomic mass is 79.9. The first-order valence-electron chi connectivity index (χ1n) is 9.37. The Morgan fingerprint density at radius 3 is 0.758 bits per heavy atom. The van der Waals surface area contributed by atoms with E-state index in [1.165, 1.54) is 0 Å². The smallest absolute Gasteiger partial charge is 0.247 e. The molecular weight excluding hydrogens is 1030 g/mol. The average Bonchev–Trinajstić information content (AvgIpc) is 2.66. The summed E-state index contributed by atoms with van der Waals surface area (Å²) in [5, 5.41) is 1.30. The molecule has 0 amide bonds. The minimum atomic E-state index is -1.34. The van der Waals surface area contributed by atoms with Crippen LogP contribution < -0.4 is 17.1 Å². The normalized spacial score (nSPS) is 14.6. The van der Waals surface area contributed by atoms with Gasteiger partial charge in [-0.25, -0.2) is 28.1 Å². The van der Waals surface area contributed by atoms with Crippen molar-refractivity contribution < 1.29 is 0 Å². The molecule has 0 bridgehead atoms. The molecule has 1 heterocycles. The summed E-state index contributed by atoms with van der Waals surface area (Å²) in [6.07, 6.45) is 0. The number of rotatable bonds is 9. The fourth-order valence-corrected chi connectivity index (χ4v) is 8.55. The lowest BCUT2D eigenvalue weighted by Gasteiger charge is -2.43. The van der Waals surface area contributed by atoms with E-state index in [0.717, 1.165) is 13.7 Å². The zero-order valence-electron chi connectivity index (χ0n) is 18.6. The molecule has 1 rings (SSSR count). The lowest BCUT2D eigenvalue weighted by atomic mass is 9.95. The fraction of sp³-hybridized carbons (Fsp3) is 0.833. The van der Waals surface area contributed by atoms with Crippen molar-refractivity contribution in [2.24, 2.45) is 16.2 Å². The molecule has 192 valence electrons. The number of hydrogen-bond donors (Lipinski definition) is 0. The van der Waals surface area contributed by atoms with E-state index in [0.29, 0.717) is 16.0 Å². The molecule has 0 aliphatic heterocycles. The summed E-state index contributed by atoms with van der Waals surface area (Å²) in [5.41, 5.74) is -4.48. The average molecular weight is 1050 g/mol. The summed E-state index contributed by atoms with van der Waals surface area (Å²) in [5.74, 6) is 0. The lowest BCUT2D eigenvalue weighted by molar-refractivity contribution is 0.234. The van der Waals surface area contributed by atoms with Gasteiger partial charge in [-0.15, -0.1) is 0 Å². The minimum absolute atomic E-state index is 0.433. The molecule has 0 spiro atoms. The Labute approximate surface area is 268 Å². The van der Waals surface area contributed by atoms with Crippen LogP contribution in [0.5, 0.6) is 0 Å². The summed E-state index contributed by atoms with van der Waals surface area (Å²) in [7, 11) is 0. The van der Waals surface area contributed by atoms with Crippen molar-refractivity contribution in [3.05, 3.63) is 31.5 Å². The van der Waals surface area contributed by atoms with E-state index in [4.69, 9.17) is 0 Å². The maximum Gasteiger partial charge on any atom is 0.340 e. The third-order valence-electron chi connectivity index (χ3n) is 5.44. The summed E-state index contributed by atoms with van der Waals surface area (Å²) in [6, 6.07) is 0. The highest BCUT2D eigenvalue weighted by Crippen LogP contribution is 2.51. The molecular formula is C18H24Br9N3O3. The van der Waals surface area contributed by atoms with Crippen molar-refractivity contribution in [2.75, 3.05) is 16.0 Å². The largest absolute Gasteiger partial charge is 0.340 e. The maximum atomic E-state index is 13.9. The fourth-order valence-electron chi connectivity index (χ4n) is 2.42. The van der Waals surface area contributed by atoms with Crippen LogP contribution in [-0.2, 0) is 10.1 Å². The van der Waals surface area contributed by atoms with Gasteiger partial charge in [0.2, 0.25) is 0 Å². The second-order valence-corrected chi connectivity index (χ2v) is 21.3. The first kappa shape index (κ1) is 33.8. The summed E-state index contributed by atoms with van der Waals surface area (Å²) in [6.45, 7) is 11.2. The molecule has 0 aromatic carbocycles. The molecule has 0 fully saturated rings. The molecule has 0 saturated heterocycles. The van der Waals surface area contributed by atoms with Gasteiger partial charge in [0, 0.05) is 32.2 Å². The molecule has 6 nitrogen and oxygen atoms in total. The van der Waals surface area contributed by atoms with Crippen LogP contribution in [0.1, 0.15) is 41.5 Å². The third kappa shape index (κ3) is 5.71. The number of hydrogen-bond acceptors (Lipinski definition) is 3. The number of halogens is 9. The van der Waals surface area contributed by atoms with Crippen molar-refractivity contribution >= 4 is 143 Å². The molecule has 0 aliphatic carbocycles. The highest BCUT2D eigenvalue weighted by Gasteiger charge is 2.52. The molecule has 0 atom stereocenters. The summed E-state index contributed by atoms with van der Waals surface area (Å²) >= 11 is 31.9. The van der Waals surface area contributed by atoms with E-state index >= 15 is 0 Å². The van der Waals surface area contributed by atoms with Crippen LogP contribution in [0.2, 0.25) is 0 Å². The Morgan fingerprint density at radius 1 is 0.485 bits per heavy atom. The molecule has 15 heteroatoms. The zero-order chi connectivity index (χ0) is 26.6.